The normalized spacial score (nSPS) is 19.6. The lowest BCUT2D eigenvalue weighted by atomic mass is 9.59. The highest BCUT2D eigenvalue weighted by molar-refractivity contribution is 5.74. The highest BCUT2D eigenvalue weighted by Crippen LogP contribution is 2.60. The fourth-order valence-electron chi connectivity index (χ4n) is 4.79. The summed E-state index contributed by atoms with van der Waals surface area (Å²) in [6.45, 7) is 4.28. The maximum Gasteiger partial charge on any atom is 0.120 e. The van der Waals surface area contributed by atoms with Crippen molar-refractivity contribution in [2.24, 2.45) is 0 Å². The molecule has 0 heterocycles. The van der Waals surface area contributed by atoms with E-state index >= 15 is 0 Å². The summed E-state index contributed by atoms with van der Waals surface area (Å²) >= 11 is 0. The number of aromatic hydroxyl groups is 2. The molecule has 0 radical (unpaired) electrons. The molecule has 0 aromatic heterocycles. The molecule has 6 rings (SSSR count). The smallest absolute Gasteiger partial charge is 0.120 e. The summed E-state index contributed by atoms with van der Waals surface area (Å²) in [6, 6.07) is 16.0. The molecule has 3 aromatic rings. The average molecular weight is 314 g/mol. The topological polar surface area (TPSA) is 40.5 Å². The summed E-state index contributed by atoms with van der Waals surface area (Å²) in [4.78, 5) is 0. The van der Waals surface area contributed by atoms with Crippen LogP contribution >= 0.6 is 0 Å². The van der Waals surface area contributed by atoms with E-state index in [1.807, 2.05) is 0 Å². The lowest BCUT2D eigenvalue weighted by Gasteiger charge is -2.44. The molecule has 3 aromatic carbocycles. The van der Waals surface area contributed by atoms with E-state index in [9.17, 15) is 10.2 Å². The van der Waals surface area contributed by atoms with Gasteiger partial charge in [-0.1, -0.05) is 36.4 Å². The Labute approximate surface area is 141 Å². The number of hydrogen-bond acceptors (Lipinski definition) is 2. The monoisotopic (exact) mass is 314 g/mol. The van der Waals surface area contributed by atoms with Gasteiger partial charge >= 0.3 is 0 Å². The molecule has 24 heavy (non-hydrogen) atoms. The minimum Gasteiger partial charge on any atom is -0.508 e. The Morgan fingerprint density at radius 3 is 1.42 bits per heavy atom. The van der Waals surface area contributed by atoms with Gasteiger partial charge in [-0.3, -0.25) is 0 Å². The van der Waals surface area contributed by atoms with Crippen molar-refractivity contribution in [3.8, 4) is 11.5 Å². The van der Waals surface area contributed by atoms with Crippen molar-refractivity contribution in [2.45, 2.75) is 25.7 Å². The van der Waals surface area contributed by atoms with Crippen molar-refractivity contribution in [3.63, 3.8) is 0 Å². The third kappa shape index (κ3) is 1.46. The maximum absolute atomic E-state index is 10.6. The highest BCUT2D eigenvalue weighted by atomic mass is 16.3. The predicted octanol–water partition coefficient (Wildman–Crippen LogP) is 4.70. The van der Waals surface area contributed by atoms with Gasteiger partial charge < -0.3 is 10.2 Å². The standard InChI is InChI=1S/C22H18O2/c1-11-7-8-12(2)18-17(11)19-13-5-3-4-6-14(13)20(18)22-16(24)10-9-15(23)21(19)22/h3-10,19-20,23-24H,1-2H3. The summed E-state index contributed by atoms with van der Waals surface area (Å²) in [5.74, 6) is 0.532. The van der Waals surface area contributed by atoms with Crippen molar-refractivity contribution in [2.75, 3.05) is 0 Å². The van der Waals surface area contributed by atoms with Crippen molar-refractivity contribution < 1.29 is 10.2 Å². The molecule has 2 unspecified atom stereocenters. The van der Waals surface area contributed by atoms with Crippen LogP contribution in [0.4, 0.5) is 0 Å². The van der Waals surface area contributed by atoms with Crippen LogP contribution in [0.1, 0.15) is 56.3 Å². The Bertz CT molecular complexity index is 876. The van der Waals surface area contributed by atoms with Crippen LogP contribution in [0, 0.1) is 13.8 Å². The van der Waals surface area contributed by atoms with Gasteiger partial charge in [0.2, 0.25) is 0 Å². The third-order valence-corrected chi connectivity index (χ3v) is 5.74. The van der Waals surface area contributed by atoms with Gasteiger partial charge in [-0.05, 0) is 59.4 Å². The molecule has 118 valence electrons. The maximum atomic E-state index is 10.6. The first-order valence-electron chi connectivity index (χ1n) is 8.33. The minimum absolute atomic E-state index is 0.0109. The average Bonchev–Trinajstić information content (AvgIpc) is 2.60. The number of aryl methyl sites for hydroxylation is 2. The first-order chi connectivity index (χ1) is 11.6. The van der Waals surface area contributed by atoms with Gasteiger partial charge in [0.05, 0.1) is 0 Å². The van der Waals surface area contributed by atoms with Crippen molar-refractivity contribution in [3.05, 3.63) is 93.0 Å². The van der Waals surface area contributed by atoms with Gasteiger partial charge in [-0.25, -0.2) is 0 Å². The SMILES string of the molecule is Cc1ccc(C)c2c1C1c3ccccc3C2c2c(O)ccc(O)c21. The second kappa shape index (κ2) is 4.41. The minimum atomic E-state index is -0.0109. The van der Waals surface area contributed by atoms with Crippen LogP contribution in [0.5, 0.6) is 11.5 Å². The highest BCUT2D eigenvalue weighted by Gasteiger charge is 2.45. The van der Waals surface area contributed by atoms with Crippen molar-refractivity contribution in [1.29, 1.82) is 0 Å². The molecule has 2 atom stereocenters. The Kier molecular flexibility index (Phi) is 2.52. The molecule has 0 amide bonds. The van der Waals surface area contributed by atoms with E-state index in [1.54, 1.807) is 12.1 Å². The molecule has 3 aliphatic carbocycles. The van der Waals surface area contributed by atoms with Gasteiger partial charge in [0.25, 0.3) is 0 Å². The van der Waals surface area contributed by atoms with Gasteiger partial charge in [0.15, 0.2) is 0 Å². The molecule has 0 saturated heterocycles. The molecular weight excluding hydrogens is 296 g/mol. The first-order valence-corrected chi connectivity index (χ1v) is 8.33. The Morgan fingerprint density at radius 1 is 0.583 bits per heavy atom. The predicted molar refractivity (Wildman–Crippen MR) is 94.0 cm³/mol. The van der Waals surface area contributed by atoms with Crippen LogP contribution in [-0.4, -0.2) is 10.2 Å². The van der Waals surface area contributed by atoms with E-state index < -0.39 is 0 Å². The zero-order valence-electron chi connectivity index (χ0n) is 13.7. The molecule has 2 nitrogen and oxygen atoms in total. The number of benzene rings is 3. The number of phenolic OH excluding ortho intramolecular Hbond substituents is 2. The largest absolute Gasteiger partial charge is 0.508 e. The van der Waals surface area contributed by atoms with E-state index in [4.69, 9.17) is 0 Å². The molecule has 2 N–H and O–H groups in total. The summed E-state index contributed by atoms with van der Waals surface area (Å²) in [7, 11) is 0. The van der Waals surface area contributed by atoms with Crippen LogP contribution in [-0.2, 0) is 0 Å². The molecule has 0 aliphatic heterocycles. The van der Waals surface area contributed by atoms with E-state index in [0.29, 0.717) is 0 Å². The van der Waals surface area contributed by atoms with Crippen molar-refractivity contribution in [1.82, 2.24) is 0 Å². The Morgan fingerprint density at radius 2 is 1.00 bits per heavy atom. The van der Waals surface area contributed by atoms with Gasteiger partial charge in [0.1, 0.15) is 11.5 Å². The van der Waals surface area contributed by atoms with Crippen LogP contribution in [0.3, 0.4) is 0 Å². The van der Waals surface area contributed by atoms with Crippen LogP contribution in [0.25, 0.3) is 0 Å². The Balaban J connectivity index is 1.99. The van der Waals surface area contributed by atoms with Crippen LogP contribution in [0.2, 0.25) is 0 Å². The zero-order chi connectivity index (χ0) is 16.6. The summed E-state index contributed by atoms with van der Waals surface area (Å²) < 4.78 is 0. The molecule has 0 spiro atoms. The van der Waals surface area contributed by atoms with Crippen molar-refractivity contribution >= 4 is 0 Å². The summed E-state index contributed by atoms with van der Waals surface area (Å²) in [6.07, 6.45) is 0. The van der Waals surface area contributed by atoms with Crippen LogP contribution in [0.15, 0.2) is 48.5 Å². The van der Waals surface area contributed by atoms with Gasteiger partial charge in [0, 0.05) is 23.0 Å². The number of rotatable bonds is 0. The third-order valence-electron chi connectivity index (χ3n) is 5.74. The van der Waals surface area contributed by atoms with Gasteiger partial charge in [-0.15, -0.1) is 0 Å². The molecule has 2 heteroatoms. The molecule has 2 bridgehead atoms. The fraction of sp³-hybridized carbons (Fsp3) is 0.182. The zero-order valence-corrected chi connectivity index (χ0v) is 13.7. The quantitative estimate of drug-likeness (QED) is 0.407. The number of hydrogen-bond donors (Lipinski definition) is 2. The Hall–Kier alpha value is -2.74. The van der Waals surface area contributed by atoms with E-state index in [2.05, 4.69) is 50.2 Å². The van der Waals surface area contributed by atoms with E-state index in [1.165, 1.54) is 33.4 Å². The molecule has 0 fully saturated rings. The lowest BCUT2D eigenvalue weighted by molar-refractivity contribution is 0.440. The van der Waals surface area contributed by atoms with E-state index in [0.717, 1.165) is 11.1 Å². The second-order valence-electron chi connectivity index (χ2n) is 6.95. The fourth-order valence-corrected chi connectivity index (χ4v) is 4.79. The second-order valence-corrected chi connectivity index (χ2v) is 6.95. The van der Waals surface area contributed by atoms with Gasteiger partial charge in [-0.2, -0.15) is 0 Å². The summed E-state index contributed by atoms with van der Waals surface area (Å²) in [5.41, 5.74) is 9.33. The van der Waals surface area contributed by atoms with Crippen LogP contribution < -0.4 is 0 Å². The molecular formula is C22H18O2. The number of phenols is 2. The summed E-state index contributed by atoms with van der Waals surface area (Å²) in [5, 5.41) is 21.2. The molecule has 0 saturated carbocycles. The molecule has 3 aliphatic rings. The first kappa shape index (κ1) is 13.7. The lowest BCUT2D eigenvalue weighted by Crippen LogP contribution is -2.29. The van der Waals surface area contributed by atoms with E-state index in [-0.39, 0.29) is 23.3 Å².